The Balaban J connectivity index is 1.30. The summed E-state index contributed by atoms with van der Waals surface area (Å²) in [6.07, 6.45) is 0. The van der Waals surface area contributed by atoms with E-state index < -0.39 is 0 Å². The Hall–Kier alpha value is -5.47. The Morgan fingerprint density at radius 2 is 0.854 bits per heavy atom. The number of nitrogens with zero attached hydrogens (tertiary/aromatic N) is 1. The van der Waals surface area contributed by atoms with Gasteiger partial charge in [0.05, 0.1) is 11.2 Å². The fourth-order valence-corrected chi connectivity index (χ4v) is 6.64. The smallest absolute Gasteiger partial charge is 0.143 e. The zero-order valence-corrected chi connectivity index (χ0v) is 22.1. The van der Waals surface area contributed by atoms with E-state index in [9.17, 15) is 0 Å². The van der Waals surface area contributed by atoms with Crippen LogP contribution in [0.2, 0.25) is 0 Å². The average molecular weight is 522 g/mol. The lowest BCUT2D eigenvalue weighted by Crippen LogP contribution is -1.91. The second-order valence-corrected chi connectivity index (χ2v) is 10.7. The van der Waals surface area contributed by atoms with E-state index in [4.69, 9.17) is 9.40 Å². The third kappa shape index (κ3) is 3.22. The van der Waals surface area contributed by atoms with Crippen LogP contribution in [0.1, 0.15) is 0 Å². The normalized spacial score (nSPS) is 11.9. The van der Waals surface area contributed by atoms with Crippen molar-refractivity contribution in [1.29, 1.82) is 0 Å². The van der Waals surface area contributed by atoms with E-state index >= 15 is 0 Å². The molecule has 41 heavy (non-hydrogen) atoms. The van der Waals surface area contributed by atoms with E-state index in [1.165, 1.54) is 37.7 Å². The van der Waals surface area contributed by atoms with Gasteiger partial charge in [0.15, 0.2) is 0 Å². The van der Waals surface area contributed by atoms with Gasteiger partial charge in [0.25, 0.3) is 0 Å². The van der Waals surface area contributed by atoms with E-state index in [1.807, 2.05) is 12.1 Å². The summed E-state index contributed by atoms with van der Waals surface area (Å²) in [6, 6.07) is 49.4. The highest BCUT2D eigenvalue weighted by Gasteiger charge is 2.16. The average Bonchev–Trinajstić information content (AvgIpc) is 3.43. The zero-order valence-electron chi connectivity index (χ0n) is 22.1. The molecule has 0 unspecified atom stereocenters. The van der Waals surface area contributed by atoms with Crippen LogP contribution in [0.3, 0.4) is 0 Å². The molecule has 0 aliphatic rings. The number of aromatic nitrogens is 1. The molecule has 0 N–H and O–H groups in total. The van der Waals surface area contributed by atoms with Gasteiger partial charge in [-0.05, 0) is 50.7 Å². The van der Waals surface area contributed by atoms with Crippen LogP contribution in [-0.4, -0.2) is 4.98 Å². The summed E-state index contributed by atoms with van der Waals surface area (Å²) in [4.78, 5) is 5.34. The molecule has 0 radical (unpaired) electrons. The summed E-state index contributed by atoms with van der Waals surface area (Å²) in [6.45, 7) is 0. The van der Waals surface area contributed by atoms with E-state index in [-0.39, 0.29) is 0 Å². The van der Waals surface area contributed by atoms with Crippen LogP contribution in [0.5, 0.6) is 0 Å². The number of para-hydroxylation sites is 2. The minimum Gasteiger partial charge on any atom is -0.455 e. The van der Waals surface area contributed by atoms with Gasteiger partial charge in [0.1, 0.15) is 11.2 Å². The summed E-state index contributed by atoms with van der Waals surface area (Å²) in [5.41, 5.74) is 7.24. The lowest BCUT2D eigenvalue weighted by Gasteiger charge is -2.13. The zero-order chi connectivity index (χ0) is 26.9. The van der Waals surface area contributed by atoms with Crippen molar-refractivity contribution in [3.63, 3.8) is 0 Å². The predicted octanol–water partition coefficient (Wildman–Crippen LogP) is 10.9. The number of hydrogen-bond donors (Lipinski definition) is 0. The van der Waals surface area contributed by atoms with Crippen molar-refractivity contribution in [3.05, 3.63) is 140 Å². The summed E-state index contributed by atoms with van der Waals surface area (Å²) in [5.74, 6) is 0. The van der Waals surface area contributed by atoms with Crippen molar-refractivity contribution in [1.82, 2.24) is 4.98 Å². The van der Waals surface area contributed by atoms with Gasteiger partial charge in [-0.3, -0.25) is 0 Å². The van der Waals surface area contributed by atoms with Crippen LogP contribution in [0.4, 0.5) is 0 Å². The number of pyridine rings is 1. The predicted molar refractivity (Wildman–Crippen MR) is 172 cm³/mol. The highest BCUT2D eigenvalue weighted by molar-refractivity contribution is 6.24. The van der Waals surface area contributed by atoms with Crippen LogP contribution in [0, 0.1) is 0 Å². The third-order valence-corrected chi connectivity index (χ3v) is 8.48. The van der Waals surface area contributed by atoms with Crippen LogP contribution < -0.4 is 0 Å². The Bertz CT molecular complexity index is 2450. The quantitative estimate of drug-likeness (QED) is 0.211. The van der Waals surface area contributed by atoms with Crippen molar-refractivity contribution in [2.45, 2.75) is 0 Å². The summed E-state index contributed by atoms with van der Waals surface area (Å²) < 4.78 is 6.41. The molecule has 9 rings (SSSR count). The fourth-order valence-electron chi connectivity index (χ4n) is 6.64. The molecule has 0 bridgehead atoms. The fraction of sp³-hybridized carbons (Fsp3) is 0. The second kappa shape index (κ2) is 8.51. The van der Waals surface area contributed by atoms with Crippen molar-refractivity contribution >= 4 is 65.2 Å². The molecule has 2 nitrogen and oxygen atoms in total. The van der Waals surface area contributed by atoms with Gasteiger partial charge in [-0.1, -0.05) is 121 Å². The molecule has 2 aromatic heterocycles. The van der Waals surface area contributed by atoms with Gasteiger partial charge >= 0.3 is 0 Å². The minimum atomic E-state index is 0.913. The van der Waals surface area contributed by atoms with Crippen molar-refractivity contribution < 1.29 is 4.42 Å². The first kappa shape index (κ1) is 22.4. The Kier molecular flexibility index (Phi) is 4.64. The third-order valence-electron chi connectivity index (χ3n) is 8.48. The number of rotatable bonds is 2. The molecule has 0 aliphatic heterocycles. The van der Waals surface area contributed by atoms with E-state index in [0.29, 0.717) is 0 Å². The molecule has 0 atom stereocenters. The summed E-state index contributed by atoms with van der Waals surface area (Å²) in [7, 11) is 0. The molecule has 0 amide bonds. The first-order valence-corrected chi connectivity index (χ1v) is 14.0. The van der Waals surface area contributed by atoms with Gasteiger partial charge in [-0.25, -0.2) is 4.98 Å². The van der Waals surface area contributed by atoms with Gasteiger partial charge in [0.2, 0.25) is 0 Å². The number of hydrogen-bond acceptors (Lipinski definition) is 2. The monoisotopic (exact) mass is 521 g/mol. The van der Waals surface area contributed by atoms with Crippen LogP contribution in [-0.2, 0) is 0 Å². The molecule has 0 spiro atoms. The molecule has 7 aromatic carbocycles. The standard InChI is InChI=1S/C39H23NO/c1-2-12-28-24(10-1)27-11-3-4-14-32(27)38-33(28)22-23-36(40-38)30-18-8-15-25-26(30)16-7-17-29(25)34-19-9-20-35-31-13-5-6-21-37(31)41-39(34)35/h1-23H. The van der Waals surface area contributed by atoms with Crippen molar-refractivity contribution in [2.24, 2.45) is 0 Å². The largest absolute Gasteiger partial charge is 0.455 e. The molecule has 190 valence electrons. The van der Waals surface area contributed by atoms with Crippen molar-refractivity contribution in [3.8, 4) is 22.4 Å². The van der Waals surface area contributed by atoms with Crippen LogP contribution in [0.15, 0.2) is 144 Å². The molecular formula is C39H23NO. The summed E-state index contributed by atoms with van der Waals surface area (Å²) in [5, 5.41) is 10.7. The minimum absolute atomic E-state index is 0.913. The Morgan fingerprint density at radius 3 is 1.61 bits per heavy atom. The SMILES string of the molecule is c1ccc2c(c1)oc1c(-c3cccc4c(-c5ccc6c7ccccc7c7ccccc7c6n5)cccc34)cccc12. The van der Waals surface area contributed by atoms with Crippen LogP contribution >= 0.6 is 0 Å². The maximum atomic E-state index is 6.41. The number of fused-ring (bicyclic) bond motifs is 10. The van der Waals surface area contributed by atoms with Gasteiger partial charge in [-0.15, -0.1) is 0 Å². The van der Waals surface area contributed by atoms with Gasteiger partial charge in [0, 0.05) is 32.7 Å². The maximum absolute atomic E-state index is 6.41. The Morgan fingerprint density at radius 1 is 0.341 bits per heavy atom. The number of furan rings is 1. The van der Waals surface area contributed by atoms with Crippen molar-refractivity contribution in [2.75, 3.05) is 0 Å². The van der Waals surface area contributed by atoms with E-state index in [2.05, 4.69) is 127 Å². The molecule has 2 heterocycles. The first-order valence-electron chi connectivity index (χ1n) is 14.0. The molecule has 0 saturated carbocycles. The van der Waals surface area contributed by atoms with E-state index in [0.717, 1.165) is 49.8 Å². The highest BCUT2D eigenvalue weighted by atomic mass is 16.3. The first-order chi connectivity index (χ1) is 20.3. The highest BCUT2D eigenvalue weighted by Crippen LogP contribution is 2.41. The molecule has 0 fully saturated rings. The van der Waals surface area contributed by atoms with E-state index in [1.54, 1.807) is 0 Å². The second-order valence-electron chi connectivity index (χ2n) is 10.7. The van der Waals surface area contributed by atoms with Gasteiger partial charge in [-0.2, -0.15) is 0 Å². The summed E-state index contributed by atoms with van der Waals surface area (Å²) >= 11 is 0. The topological polar surface area (TPSA) is 26.0 Å². The molecule has 0 aliphatic carbocycles. The molecule has 0 saturated heterocycles. The lowest BCUT2D eigenvalue weighted by molar-refractivity contribution is 0.670. The van der Waals surface area contributed by atoms with Crippen LogP contribution in [0.25, 0.3) is 87.5 Å². The molecule has 9 aromatic rings. The Labute approximate surface area is 236 Å². The lowest BCUT2D eigenvalue weighted by atomic mass is 9.93. The maximum Gasteiger partial charge on any atom is 0.143 e. The molecular weight excluding hydrogens is 498 g/mol. The number of benzene rings is 7. The van der Waals surface area contributed by atoms with Gasteiger partial charge < -0.3 is 4.42 Å². The molecule has 2 heteroatoms.